The zero-order valence-corrected chi connectivity index (χ0v) is 14.5. The van der Waals surface area contributed by atoms with E-state index in [4.69, 9.17) is 0 Å². The van der Waals surface area contributed by atoms with Crippen LogP contribution in [0.25, 0.3) is 0 Å². The lowest BCUT2D eigenvalue weighted by Gasteiger charge is -2.29. The lowest BCUT2D eigenvalue weighted by molar-refractivity contribution is -0.136. The van der Waals surface area contributed by atoms with E-state index < -0.39 is 6.04 Å². The average molecular weight is 354 g/mol. The Labute approximate surface area is 151 Å². The van der Waals surface area contributed by atoms with E-state index in [-0.39, 0.29) is 29.7 Å². The van der Waals surface area contributed by atoms with Crippen LogP contribution in [0.1, 0.15) is 40.7 Å². The molecule has 7 heteroatoms. The Morgan fingerprint density at radius 1 is 1.27 bits per heavy atom. The molecule has 1 saturated carbocycles. The standard InChI is InChI=1S/C19H22N4O3/c24-16-5-4-15(17(25)22-16)23-9-14-11(2-1-3-13(14)18(23)26)7-21-19-6-12(19)8-20-10-19/h1-3,12,15,20-21H,4-10H2,(H,22,24,25)/t12-,15?,19-/m1/s1. The molecule has 3 atom stereocenters. The molecule has 1 aromatic rings. The second-order valence-corrected chi connectivity index (χ2v) is 7.88. The molecule has 3 N–H and O–H groups in total. The molecule has 0 aromatic heterocycles. The Morgan fingerprint density at radius 3 is 2.88 bits per heavy atom. The van der Waals surface area contributed by atoms with Crippen LogP contribution in [-0.2, 0) is 22.7 Å². The van der Waals surface area contributed by atoms with E-state index in [0.717, 1.165) is 36.7 Å². The highest BCUT2D eigenvalue weighted by molar-refractivity contribution is 6.05. The maximum atomic E-state index is 12.8. The number of hydrogen-bond acceptors (Lipinski definition) is 5. The highest BCUT2D eigenvalue weighted by atomic mass is 16.2. The number of fused-ring (bicyclic) bond motifs is 2. The van der Waals surface area contributed by atoms with Crippen LogP contribution in [0.3, 0.4) is 0 Å². The quantitative estimate of drug-likeness (QED) is 0.657. The third-order valence-corrected chi connectivity index (χ3v) is 6.37. The summed E-state index contributed by atoms with van der Waals surface area (Å²) in [6.07, 6.45) is 1.90. The molecule has 1 aliphatic carbocycles. The van der Waals surface area contributed by atoms with Gasteiger partial charge in [0.2, 0.25) is 11.8 Å². The summed E-state index contributed by atoms with van der Waals surface area (Å²) in [5, 5.41) is 9.46. The van der Waals surface area contributed by atoms with Crippen LogP contribution >= 0.6 is 0 Å². The summed E-state index contributed by atoms with van der Waals surface area (Å²) in [4.78, 5) is 38.0. The van der Waals surface area contributed by atoms with Crippen molar-refractivity contribution < 1.29 is 14.4 Å². The van der Waals surface area contributed by atoms with Crippen molar-refractivity contribution in [2.45, 2.75) is 43.9 Å². The fourth-order valence-electron chi connectivity index (χ4n) is 4.70. The van der Waals surface area contributed by atoms with E-state index in [2.05, 4.69) is 22.0 Å². The predicted octanol–water partition coefficient (Wildman–Crippen LogP) is -0.101. The van der Waals surface area contributed by atoms with E-state index in [1.807, 2.05) is 12.1 Å². The van der Waals surface area contributed by atoms with Crippen LogP contribution in [0.5, 0.6) is 0 Å². The molecule has 26 heavy (non-hydrogen) atoms. The molecular weight excluding hydrogens is 332 g/mol. The van der Waals surface area contributed by atoms with E-state index >= 15 is 0 Å². The van der Waals surface area contributed by atoms with Crippen molar-refractivity contribution in [1.29, 1.82) is 0 Å². The molecule has 0 spiro atoms. The predicted molar refractivity (Wildman–Crippen MR) is 93.0 cm³/mol. The summed E-state index contributed by atoms with van der Waals surface area (Å²) >= 11 is 0. The number of carbonyl (C=O) groups excluding carboxylic acids is 3. The minimum Gasteiger partial charge on any atom is -0.322 e. The van der Waals surface area contributed by atoms with Crippen molar-refractivity contribution in [3.63, 3.8) is 0 Å². The van der Waals surface area contributed by atoms with Gasteiger partial charge in [-0.05, 0) is 42.5 Å². The lowest BCUT2D eigenvalue weighted by atomic mass is 10.0. The van der Waals surface area contributed by atoms with Gasteiger partial charge in [0.05, 0.1) is 0 Å². The van der Waals surface area contributed by atoms with Gasteiger partial charge in [0, 0.05) is 37.2 Å². The van der Waals surface area contributed by atoms with E-state index in [1.165, 1.54) is 6.42 Å². The number of nitrogens with one attached hydrogen (secondary N) is 3. The van der Waals surface area contributed by atoms with Crippen molar-refractivity contribution in [3.8, 4) is 0 Å². The Morgan fingerprint density at radius 2 is 2.15 bits per heavy atom. The molecule has 1 aromatic carbocycles. The van der Waals surface area contributed by atoms with Crippen LogP contribution < -0.4 is 16.0 Å². The van der Waals surface area contributed by atoms with Crippen molar-refractivity contribution in [2.75, 3.05) is 13.1 Å². The van der Waals surface area contributed by atoms with Gasteiger partial charge in [0.25, 0.3) is 5.91 Å². The van der Waals surface area contributed by atoms with Crippen LogP contribution in [0.2, 0.25) is 0 Å². The Balaban J connectivity index is 1.35. The summed E-state index contributed by atoms with van der Waals surface area (Å²) in [5.74, 6) is -0.00950. The van der Waals surface area contributed by atoms with Gasteiger partial charge in [0.1, 0.15) is 6.04 Å². The summed E-state index contributed by atoms with van der Waals surface area (Å²) < 4.78 is 0. The molecule has 3 aliphatic heterocycles. The summed E-state index contributed by atoms with van der Waals surface area (Å²) in [7, 11) is 0. The third kappa shape index (κ3) is 2.38. The maximum Gasteiger partial charge on any atom is 0.255 e. The zero-order valence-electron chi connectivity index (χ0n) is 14.5. The zero-order chi connectivity index (χ0) is 17.9. The number of benzene rings is 1. The fourth-order valence-corrected chi connectivity index (χ4v) is 4.70. The Bertz CT molecular complexity index is 823. The van der Waals surface area contributed by atoms with E-state index in [1.54, 1.807) is 4.90 Å². The van der Waals surface area contributed by atoms with Crippen molar-refractivity contribution in [3.05, 3.63) is 34.9 Å². The first kappa shape index (κ1) is 16.0. The summed E-state index contributed by atoms with van der Waals surface area (Å²) in [6.45, 7) is 3.26. The molecule has 3 heterocycles. The molecule has 4 aliphatic rings. The molecule has 3 fully saturated rings. The second kappa shape index (κ2) is 5.62. The van der Waals surface area contributed by atoms with Gasteiger partial charge in [-0.15, -0.1) is 0 Å². The van der Waals surface area contributed by atoms with E-state index in [9.17, 15) is 14.4 Å². The number of nitrogens with zero attached hydrogens (tertiary/aromatic N) is 1. The number of imide groups is 1. The molecule has 5 rings (SSSR count). The second-order valence-electron chi connectivity index (χ2n) is 7.88. The number of piperidine rings is 2. The van der Waals surface area contributed by atoms with Gasteiger partial charge in [-0.3, -0.25) is 19.7 Å². The van der Waals surface area contributed by atoms with Crippen LogP contribution in [0.4, 0.5) is 0 Å². The number of carbonyl (C=O) groups is 3. The number of hydrogen-bond donors (Lipinski definition) is 3. The first-order valence-corrected chi connectivity index (χ1v) is 9.28. The third-order valence-electron chi connectivity index (χ3n) is 6.37. The fraction of sp³-hybridized carbons (Fsp3) is 0.526. The molecule has 7 nitrogen and oxygen atoms in total. The smallest absolute Gasteiger partial charge is 0.255 e. The molecule has 1 unspecified atom stereocenters. The molecule has 136 valence electrons. The molecular formula is C19H22N4O3. The SMILES string of the molecule is O=C1CCC(N2Cc3c(CN[C@]45CNC[C@H]4C5)cccc3C2=O)C(=O)N1. The summed E-state index contributed by atoms with van der Waals surface area (Å²) in [6, 6.07) is 5.25. The van der Waals surface area contributed by atoms with Gasteiger partial charge in [0.15, 0.2) is 0 Å². The van der Waals surface area contributed by atoms with Crippen molar-refractivity contribution in [2.24, 2.45) is 5.92 Å². The number of amides is 3. The van der Waals surface area contributed by atoms with Crippen LogP contribution in [0, 0.1) is 5.92 Å². The normalized spacial score (nSPS) is 32.5. The van der Waals surface area contributed by atoms with Crippen LogP contribution in [0.15, 0.2) is 18.2 Å². The monoisotopic (exact) mass is 354 g/mol. The average Bonchev–Trinajstić information content (AvgIpc) is 2.99. The Kier molecular flexibility index (Phi) is 3.45. The molecule has 2 saturated heterocycles. The first-order valence-electron chi connectivity index (χ1n) is 9.28. The van der Waals surface area contributed by atoms with Gasteiger partial charge >= 0.3 is 0 Å². The minimum atomic E-state index is -0.557. The highest BCUT2D eigenvalue weighted by Gasteiger charge is 2.56. The molecule has 0 radical (unpaired) electrons. The van der Waals surface area contributed by atoms with Gasteiger partial charge in [-0.1, -0.05) is 12.1 Å². The summed E-state index contributed by atoms with van der Waals surface area (Å²) in [5.41, 5.74) is 3.05. The Hall–Kier alpha value is -2.25. The highest BCUT2D eigenvalue weighted by Crippen LogP contribution is 2.46. The van der Waals surface area contributed by atoms with E-state index in [0.29, 0.717) is 18.5 Å². The first-order chi connectivity index (χ1) is 12.6. The van der Waals surface area contributed by atoms with Crippen molar-refractivity contribution in [1.82, 2.24) is 20.9 Å². The molecule has 3 amide bonds. The maximum absolute atomic E-state index is 12.8. The topological polar surface area (TPSA) is 90.5 Å². The van der Waals surface area contributed by atoms with Crippen LogP contribution in [-0.4, -0.2) is 47.3 Å². The van der Waals surface area contributed by atoms with Crippen molar-refractivity contribution >= 4 is 17.7 Å². The van der Waals surface area contributed by atoms with Gasteiger partial charge in [-0.2, -0.15) is 0 Å². The van der Waals surface area contributed by atoms with Gasteiger partial charge < -0.3 is 15.5 Å². The minimum absolute atomic E-state index is 0.110. The lowest BCUT2D eigenvalue weighted by Crippen LogP contribution is -2.52. The number of rotatable bonds is 4. The largest absolute Gasteiger partial charge is 0.322 e. The van der Waals surface area contributed by atoms with Gasteiger partial charge in [-0.25, -0.2) is 0 Å². The molecule has 0 bridgehead atoms.